The number of hydrogen-bond acceptors (Lipinski definition) is 5. The van der Waals surface area contributed by atoms with Crippen molar-refractivity contribution in [2.24, 2.45) is 0 Å². The van der Waals surface area contributed by atoms with Gasteiger partial charge in [-0.05, 0) is 35.7 Å². The summed E-state index contributed by atoms with van der Waals surface area (Å²) in [6.45, 7) is 4.65. The van der Waals surface area contributed by atoms with Crippen LogP contribution in [-0.2, 0) is 13.3 Å². The topological polar surface area (TPSA) is 86.9 Å². The molecule has 0 aliphatic heterocycles. The van der Waals surface area contributed by atoms with Gasteiger partial charge in [0.05, 0.1) is 6.54 Å². The van der Waals surface area contributed by atoms with Gasteiger partial charge in [-0.2, -0.15) is 5.10 Å². The molecule has 0 unspecified atom stereocenters. The SMILES string of the molecule is CC(C)c1ccc(OCn2ccc(C(=O)Nc3ncn(Cc4ccccc4F)n3)n2)cc1. The molecule has 0 bridgehead atoms. The highest BCUT2D eigenvalue weighted by Gasteiger charge is 2.13. The number of hydrogen-bond donors (Lipinski definition) is 1. The molecule has 4 rings (SSSR count). The molecule has 8 nitrogen and oxygen atoms in total. The lowest BCUT2D eigenvalue weighted by Crippen LogP contribution is -2.15. The Bertz CT molecular complexity index is 1200. The molecule has 0 aliphatic rings. The molecule has 0 saturated heterocycles. The number of nitrogens with one attached hydrogen (secondary N) is 1. The number of benzene rings is 2. The number of anilines is 1. The van der Waals surface area contributed by atoms with Crippen molar-refractivity contribution in [2.45, 2.75) is 33.0 Å². The van der Waals surface area contributed by atoms with E-state index in [2.05, 4.69) is 34.3 Å². The van der Waals surface area contributed by atoms with Crippen molar-refractivity contribution in [2.75, 3.05) is 5.32 Å². The largest absolute Gasteiger partial charge is 0.471 e. The molecular formula is C23H23FN6O2. The molecule has 1 N–H and O–H groups in total. The summed E-state index contributed by atoms with van der Waals surface area (Å²) in [6, 6.07) is 15.9. The van der Waals surface area contributed by atoms with Crippen LogP contribution in [0, 0.1) is 5.82 Å². The van der Waals surface area contributed by atoms with Crippen LogP contribution in [-0.4, -0.2) is 30.5 Å². The Labute approximate surface area is 184 Å². The number of nitrogens with zero attached hydrogens (tertiary/aromatic N) is 5. The molecule has 0 radical (unpaired) electrons. The number of aromatic nitrogens is 5. The highest BCUT2D eigenvalue weighted by Crippen LogP contribution is 2.18. The minimum Gasteiger partial charge on any atom is -0.471 e. The van der Waals surface area contributed by atoms with Crippen LogP contribution in [0.3, 0.4) is 0 Å². The van der Waals surface area contributed by atoms with Crippen LogP contribution in [0.25, 0.3) is 0 Å². The third-order valence-electron chi connectivity index (χ3n) is 4.84. The molecule has 0 saturated carbocycles. The maximum Gasteiger partial charge on any atom is 0.278 e. The van der Waals surface area contributed by atoms with Gasteiger partial charge < -0.3 is 4.74 Å². The van der Waals surface area contributed by atoms with Gasteiger partial charge >= 0.3 is 0 Å². The lowest BCUT2D eigenvalue weighted by Gasteiger charge is -2.09. The summed E-state index contributed by atoms with van der Waals surface area (Å²) in [4.78, 5) is 16.5. The highest BCUT2D eigenvalue weighted by molar-refractivity contribution is 6.01. The molecule has 0 atom stereocenters. The number of carbonyl (C=O) groups is 1. The Kier molecular flexibility index (Phi) is 6.25. The first kappa shape index (κ1) is 21.2. The highest BCUT2D eigenvalue weighted by atomic mass is 19.1. The standard InChI is InChI=1S/C23H23FN6O2/c1-16(2)17-7-9-19(10-8-17)32-15-29-12-11-21(27-29)22(31)26-23-25-14-30(28-23)13-18-5-3-4-6-20(18)24/h3-12,14,16H,13,15H2,1-2H3,(H,26,28,31). The zero-order valence-electron chi connectivity index (χ0n) is 17.8. The number of halogens is 1. The zero-order valence-corrected chi connectivity index (χ0v) is 17.8. The Morgan fingerprint density at radius 2 is 1.84 bits per heavy atom. The quantitative estimate of drug-likeness (QED) is 0.452. The molecule has 9 heteroatoms. The Morgan fingerprint density at radius 3 is 2.59 bits per heavy atom. The van der Waals surface area contributed by atoms with Gasteiger partial charge in [-0.3, -0.25) is 10.1 Å². The first-order valence-corrected chi connectivity index (χ1v) is 10.2. The van der Waals surface area contributed by atoms with Crippen LogP contribution in [0.4, 0.5) is 10.3 Å². The molecule has 32 heavy (non-hydrogen) atoms. The monoisotopic (exact) mass is 434 g/mol. The smallest absolute Gasteiger partial charge is 0.278 e. The van der Waals surface area contributed by atoms with Crippen LogP contribution in [0.5, 0.6) is 5.75 Å². The lowest BCUT2D eigenvalue weighted by molar-refractivity contribution is 0.101. The summed E-state index contributed by atoms with van der Waals surface area (Å²) >= 11 is 0. The van der Waals surface area contributed by atoms with E-state index in [4.69, 9.17) is 4.74 Å². The second-order valence-corrected chi connectivity index (χ2v) is 7.55. The Hall–Kier alpha value is -4.01. The van der Waals surface area contributed by atoms with Crippen molar-refractivity contribution in [1.29, 1.82) is 0 Å². The molecule has 0 spiro atoms. The van der Waals surface area contributed by atoms with Gasteiger partial charge in [0, 0.05) is 11.8 Å². The maximum absolute atomic E-state index is 13.8. The molecule has 4 aromatic rings. The van der Waals surface area contributed by atoms with Crippen LogP contribution in [0.15, 0.2) is 67.1 Å². The van der Waals surface area contributed by atoms with Crippen LogP contribution < -0.4 is 10.1 Å². The molecule has 2 aromatic heterocycles. The van der Waals surface area contributed by atoms with Gasteiger partial charge in [0.1, 0.15) is 17.9 Å². The van der Waals surface area contributed by atoms with E-state index in [1.807, 2.05) is 24.3 Å². The fourth-order valence-electron chi connectivity index (χ4n) is 3.04. The van der Waals surface area contributed by atoms with Crippen molar-refractivity contribution in [1.82, 2.24) is 24.5 Å². The average Bonchev–Trinajstić information content (AvgIpc) is 3.44. The second kappa shape index (κ2) is 9.42. The van der Waals surface area contributed by atoms with Crippen molar-refractivity contribution >= 4 is 11.9 Å². The van der Waals surface area contributed by atoms with Gasteiger partial charge in [0.25, 0.3) is 5.91 Å². The third-order valence-corrected chi connectivity index (χ3v) is 4.84. The van der Waals surface area contributed by atoms with E-state index in [1.54, 1.807) is 30.5 Å². The van der Waals surface area contributed by atoms with E-state index in [1.165, 1.54) is 27.3 Å². The number of carbonyl (C=O) groups excluding carboxylic acids is 1. The van der Waals surface area contributed by atoms with Gasteiger partial charge in [-0.1, -0.05) is 44.2 Å². The van der Waals surface area contributed by atoms with E-state index >= 15 is 0 Å². The van der Waals surface area contributed by atoms with Gasteiger partial charge in [-0.15, -0.1) is 5.10 Å². The van der Waals surface area contributed by atoms with Crippen LogP contribution in [0.1, 0.15) is 41.4 Å². The summed E-state index contributed by atoms with van der Waals surface area (Å²) in [5, 5.41) is 11.0. The van der Waals surface area contributed by atoms with Gasteiger partial charge in [0.15, 0.2) is 12.4 Å². The average molecular weight is 434 g/mol. The predicted octanol–water partition coefficient (Wildman–Crippen LogP) is 4.07. The summed E-state index contributed by atoms with van der Waals surface area (Å²) in [7, 11) is 0. The number of rotatable bonds is 8. The molecular weight excluding hydrogens is 411 g/mol. The summed E-state index contributed by atoms with van der Waals surface area (Å²) in [5.74, 6) is 0.519. The zero-order chi connectivity index (χ0) is 22.5. The molecule has 0 fully saturated rings. The summed E-state index contributed by atoms with van der Waals surface area (Å²) in [5.41, 5.74) is 1.92. The Morgan fingerprint density at radius 1 is 1.06 bits per heavy atom. The van der Waals surface area contributed by atoms with Crippen molar-refractivity contribution in [3.63, 3.8) is 0 Å². The van der Waals surface area contributed by atoms with E-state index in [-0.39, 0.29) is 30.7 Å². The third kappa shape index (κ3) is 5.18. The molecule has 164 valence electrons. The van der Waals surface area contributed by atoms with Gasteiger partial charge in [0.2, 0.25) is 5.95 Å². The van der Waals surface area contributed by atoms with Crippen LogP contribution >= 0.6 is 0 Å². The number of ether oxygens (including phenoxy) is 1. The van der Waals surface area contributed by atoms with Crippen LogP contribution in [0.2, 0.25) is 0 Å². The maximum atomic E-state index is 13.8. The minimum atomic E-state index is -0.450. The van der Waals surface area contributed by atoms with Crippen molar-refractivity contribution < 1.29 is 13.9 Å². The molecule has 2 heterocycles. The fourth-order valence-corrected chi connectivity index (χ4v) is 3.04. The normalized spacial score (nSPS) is 11.0. The van der Waals surface area contributed by atoms with Crippen molar-refractivity contribution in [3.05, 3.63) is 89.8 Å². The van der Waals surface area contributed by atoms with E-state index in [9.17, 15) is 9.18 Å². The van der Waals surface area contributed by atoms with E-state index in [0.717, 1.165) is 5.75 Å². The van der Waals surface area contributed by atoms with E-state index < -0.39 is 5.91 Å². The first-order valence-electron chi connectivity index (χ1n) is 10.2. The van der Waals surface area contributed by atoms with Crippen molar-refractivity contribution in [3.8, 4) is 5.75 Å². The van der Waals surface area contributed by atoms with E-state index in [0.29, 0.717) is 11.5 Å². The fraction of sp³-hybridized carbons (Fsp3) is 0.217. The van der Waals surface area contributed by atoms with Gasteiger partial charge in [-0.25, -0.2) is 18.7 Å². The second-order valence-electron chi connectivity index (χ2n) is 7.55. The molecule has 1 amide bonds. The molecule has 2 aromatic carbocycles. The Balaban J connectivity index is 1.32. The first-order chi connectivity index (χ1) is 15.5. The predicted molar refractivity (Wildman–Crippen MR) is 117 cm³/mol. The summed E-state index contributed by atoms with van der Waals surface area (Å²) < 4.78 is 22.5. The minimum absolute atomic E-state index is 0.113. The number of amides is 1. The lowest BCUT2D eigenvalue weighted by atomic mass is 10.0. The summed E-state index contributed by atoms with van der Waals surface area (Å²) in [6.07, 6.45) is 3.08. The molecule has 0 aliphatic carbocycles.